The van der Waals surface area contributed by atoms with E-state index in [0.29, 0.717) is 25.2 Å². The summed E-state index contributed by atoms with van der Waals surface area (Å²) in [4.78, 5) is 0.250. The van der Waals surface area contributed by atoms with Crippen LogP contribution in [0.4, 0.5) is 5.69 Å². The number of hydrogen-bond donors (Lipinski definition) is 3. The van der Waals surface area contributed by atoms with Crippen molar-refractivity contribution in [1.29, 1.82) is 0 Å². The van der Waals surface area contributed by atoms with Crippen LogP contribution in [-0.2, 0) is 23.0 Å². The number of fused-ring (bicyclic) bond motifs is 1. The van der Waals surface area contributed by atoms with Crippen molar-refractivity contribution in [2.45, 2.75) is 24.0 Å². The minimum Gasteiger partial charge on any atom is -0.394 e. The first-order valence-corrected chi connectivity index (χ1v) is 9.64. The first kappa shape index (κ1) is 17.9. The van der Waals surface area contributed by atoms with Gasteiger partial charge in [-0.05, 0) is 41.8 Å². The molecule has 0 aliphatic carbocycles. The van der Waals surface area contributed by atoms with Crippen LogP contribution in [0.3, 0.4) is 0 Å². The fraction of sp³-hybridized carbons (Fsp3) is 0.333. The summed E-state index contributed by atoms with van der Waals surface area (Å²) in [7, 11) is -3.54. The minimum absolute atomic E-state index is 0.200. The van der Waals surface area contributed by atoms with Gasteiger partial charge in [0.05, 0.1) is 17.6 Å². The Labute approximate surface area is 147 Å². The highest BCUT2D eigenvalue weighted by Crippen LogP contribution is 2.25. The fourth-order valence-electron chi connectivity index (χ4n) is 2.87. The molecule has 1 aliphatic heterocycles. The molecule has 1 heterocycles. The monoisotopic (exact) mass is 362 g/mol. The summed E-state index contributed by atoms with van der Waals surface area (Å²) in [6.07, 6.45) is -0.134. The Kier molecular flexibility index (Phi) is 5.39. The zero-order valence-electron chi connectivity index (χ0n) is 13.8. The number of rotatable bonds is 6. The highest BCUT2D eigenvalue weighted by molar-refractivity contribution is 7.89. The van der Waals surface area contributed by atoms with Gasteiger partial charge in [-0.1, -0.05) is 24.3 Å². The van der Waals surface area contributed by atoms with E-state index >= 15 is 0 Å². The quantitative estimate of drug-likeness (QED) is 0.718. The number of aliphatic hydroxyl groups excluding tert-OH is 2. The molecule has 0 saturated heterocycles. The van der Waals surface area contributed by atoms with Crippen LogP contribution in [0.5, 0.6) is 0 Å². The molecule has 1 atom stereocenters. The number of anilines is 1. The van der Waals surface area contributed by atoms with Gasteiger partial charge in [0.2, 0.25) is 10.0 Å². The van der Waals surface area contributed by atoms with E-state index in [9.17, 15) is 13.5 Å². The molecule has 0 spiro atoms. The first-order valence-electron chi connectivity index (χ1n) is 8.20. The van der Waals surface area contributed by atoms with Crippen LogP contribution in [0.1, 0.15) is 11.1 Å². The molecule has 0 aromatic heterocycles. The highest BCUT2D eigenvalue weighted by Gasteiger charge is 2.28. The van der Waals surface area contributed by atoms with Crippen LogP contribution >= 0.6 is 0 Å². The van der Waals surface area contributed by atoms with Gasteiger partial charge in [0.25, 0.3) is 0 Å². The summed E-state index contributed by atoms with van der Waals surface area (Å²) in [5, 5.41) is 21.1. The third-order valence-corrected chi connectivity index (χ3v) is 6.20. The van der Waals surface area contributed by atoms with Gasteiger partial charge in [-0.15, -0.1) is 0 Å². The zero-order chi connectivity index (χ0) is 17.9. The molecule has 2 aromatic carbocycles. The lowest BCUT2D eigenvalue weighted by atomic mass is 10.0. The normalized spacial score (nSPS) is 16.2. The molecule has 1 aliphatic rings. The van der Waals surface area contributed by atoms with Gasteiger partial charge in [0.15, 0.2) is 0 Å². The van der Waals surface area contributed by atoms with E-state index in [4.69, 9.17) is 5.11 Å². The maximum Gasteiger partial charge on any atom is 0.243 e. The van der Waals surface area contributed by atoms with Crippen LogP contribution in [0, 0.1) is 0 Å². The van der Waals surface area contributed by atoms with Crippen LogP contribution in [-0.4, -0.2) is 48.7 Å². The molecule has 3 N–H and O–H groups in total. The summed E-state index contributed by atoms with van der Waals surface area (Å²) in [6, 6.07) is 14.4. The number of hydrogen-bond acceptors (Lipinski definition) is 5. The maximum atomic E-state index is 12.9. The van der Waals surface area contributed by atoms with Crippen molar-refractivity contribution >= 4 is 15.7 Å². The molecule has 0 fully saturated rings. The molecule has 6 nitrogen and oxygen atoms in total. The maximum absolute atomic E-state index is 12.9. The first-order chi connectivity index (χ1) is 12.0. The number of nitrogens with zero attached hydrogens (tertiary/aromatic N) is 1. The van der Waals surface area contributed by atoms with Crippen LogP contribution in [0.2, 0.25) is 0 Å². The average molecular weight is 362 g/mol. The third-order valence-electron chi connectivity index (χ3n) is 4.34. The van der Waals surface area contributed by atoms with E-state index in [1.165, 1.54) is 9.87 Å². The van der Waals surface area contributed by atoms with Crippen molar-refractivity contribution in [3.8, 4) is 0 Å². The van der Waals surface area contributed by atoms with Gasteiger partial charge in [0.1, 0.15) is 0 Å². The average Bonchev–Trinajstić information content (AvgIpc) is 2.66. The number of sulfonamides is 1. The molecule has 0 amide bonds. The number of nitrogens with one attached hydrogen (secondary N) is 1. The van der Waals surface area contributed by atoms with E-state index in [1.54, 1.807) is 24.3 Å². The molecule has 0 saturated carbocycles. The Morgan fingerprint density at radius 3 is 2.44 bits per heavy atom. The lowest BCUT2D eigenvalue weighted by Crippen LogP contribution is -2.35. The predicted octanol–water partition coefficient (Wildman–Crippen LogP) is 1.20. The van der Waals surface area contributed by atoms with Crippen molar-refractivity contribution < 1.29 is 18.6 Å². The lowest BCUT2D eigenvalue weighted by molar-refractivity contribution is 0.105. The van der Waals surface area contributed by atoms with Crippen molar-refractivity contribution in [3.63, 3.8) is 0 Å². The van der Waals surface area contributed by atoms with Crippen molar-refractivity contribution in [2.24, 2.45) is 0 Å². The Bertz CT molecular complexity index is 821. The molecular weight excluding hydrogens is 340 g/mol. The van der Waals surface area contributed by atoms with Crippen LogP contribution in [0.25, 0.3) is 0 Å². The molecule has 1 unspecified atom stereocenters. The zero-order valence-corrected chi connectivity index (χ0v) is 14.6. The van der Waals surface area contributed by atoms with Gasteiger partial charge in [0, 0.05) is 25.3 Å². The van der Waals surface area contributed by atoms with Crippen molar-refractivity contribution in [3.05, 3.63) is 59.7 Å². The highest BCUT2D eigenvalue weighted by atomic mass is 32.2. The van der Waals surface area contributed by atoms with Gasteiger partial charge in [-0.2, -0.15) is 4.31 Å². The van der Waals surface area contributed by atoms with Crippen molar-refractivity contribution in [1.82, 2.24) is 4.31 Å². The molecule has 25 heavy (non-hydrogen) atoms. The molecule has 0 radical (unpaired) electrons. The van der Waals surface area contributed by atoms with Gasteiger partial charge in [-0.25, -0.2) is 8.42 Å². The summed E-state index contributed by atoms with van der Waals surface area (Å²) in [6.45, 7) is 0.741. The van der Waals surface area contributed by atoms with Crippen LogP contribution in [0.15, 0.2) is 53.4 Å². The van der Waals surface area contributed by atoms with Gasteiger partial charge >= 0.3 is 0 Å². The summed E-state index contributed by atoms with van der Waals surface area (Å²) in [5.74, 6) is 0. The molecule has 7 heteroatoms. The van der Waals surface area contributed by atoms with Gasteiger partial charge in [-0.3, -0.25) is 0 Å². The smallest absolute Gasteiger partial charge is 0.243 e. The second kappa shape index (κ2) is 7.53. The fourth-order valence-corrected chi connectivity index (χ4v) is 4.29. The van der Waals surface area contributed by atoms with E-state index in [-0.39, 0.29) is 18.0 Å². The minimum atomic E-state index is -3.54. The molecule has 0 bridgehead atoms. The largest absolute Gasteiger partial charge is 0.394 e. The van der Waals surface area contributed by atoms with E-state index in [2.05, 4.69) is 5.32 Å². The predicted molar refractivity (Wildman–Crippen MR) is 95.8 cm³/mol. The van der Waals surface area contributed by atoms with Gasteiger partial charge < -0.3 is 15.5 Å². The van der Waals surface area contributed by atoms with E-state index in [1.807, 2.05) is 24.3 Å². The number of benzene rings is 2. The molecule has 2 aromatic rings. The molecule has 134 valence electrons. The summed E-state index contributed by atoms with van der Waals surface area (Å²) >= 11 is 0. The molecule has 3 rings (SSSR count). The third kappa shape index (κ3) is 4.01. The van der Waals surface area contributed by atoms with Crippen molar-refractivity contribution in [2.75, 3.05) is 25.0 Å². The van der Waals surface area contributed by atoms with E-state index < -0.39 is 16.1 Å². The van der Waals surface area contributed by atoms with E-state index in [0.717, 1.165) is 5.56 Å². The SMILES string of the molecule is O=S(=O)(c1ccc(NCC(O)CO)cc1)N1CCc2ccccc2C1. The topological polar surface area (TPSA) is 89.9 Å². The molecular formula is C18H22N2O4S. The second-order valence-corrected chi connectivity index (χ2v) is 8.04. The standard InChI is InChI=1S/C18H22N2O4S/c21-13-17(22)11-19-16-5-7-18(8-6-16)25(23,24)20-10-9-14-3-1-2-4-15(14)12-20/h1-8,17,19,21-22H,9-13H2. The Balaban J connectivity index is 1.72. The Morgan fingerprint density at radius 1 is 1.08 bits per heavy atom. The number of aliphatic hydroxyl groups is 2. The van der Waals surface area contributed by atoms with Crippen LogP contribution < -0.4 is 5.32 Å². The summed E-state index contributed by atoms with van der Waals surface area (Å²) < 4.78 is 27.2. The second-order valence-electron chi connectivity index (χ2n) is 6.10. The Hall–Kier alpha value is -1.93. The lowest BCUT2D eigenvalue weighted by Gasteiger charge is -2.28. The summed E-state index contributed by atoms with van der Waals surface area (Å²) in [5.41, 5.74) is 2.94. The Morgan fingerprint density at radius 2 is 1.76 bits per heavy atom.